The maximum Gasteiger partial charge on any atom is 0.194 e. The third kappa shape index (κ3) is 5.05. The molecular formula is C24H26Cl3N5S. The van der Waals surface area contributed by atoms with Crippen molar-refractivity contribution in [3.63, 3.8) is 0 Å². The van der Waals surface area contributed by atoms with Gasteiger partial charge in [-0.3, -0.25) is 4.57 Å². The molecule has 3 aromatic heterocycles. The van der Waals surface area contributed by atoms with Gasteiger partial charge in [-0.25, -0.2) is 9.97 Å². The summed E-state index contributed by atoms with van der Waals surface area (Å²) in [7, 11) is 0. The summed E-state index contributed by atoms with van der Waals surface area (Å²) in [5, 5.41) is 4.91. The van der Waals surface area contributed by atoms with Gasteiger partial charge >= 0.3 is 0 Å². The zero-order valence-corrected chi connectivity index (χ0v) is 21.5. The largest absolute Gasteiger partial charge is 0.337 e. The lowest BCUT2D eigenvalue weighted by Crippen LogP contribution is -2.02. The minimum absolute atomic E-state index is 0. The highest BCUT2D eigenvalue weighted by atomic mass is 35.5. The molecule has 0 aliphatic rings. The second-order valence-corrected chi connectivity index (χ2v) is 9.55. The van der Waals surface area contributed by atoms with Crippen molar-refractivity contribution in [2.45, 2.75) is 26.7 Å². The molecule has 3 N–H and O–H groups in total. The van der Waals surface area contributed by atoms with Crippen molar-refractivity contribution in [1.29, 1.82) is 0 Å². The Hall–Kier alpha value is -2.09. The number of benzene rings is 2. The topological polar surface area (TPSA) is 72.5 Å². The molecule has 0 fully saturated rings. The van der Waals surface area contributed by atoms with Gasteiger partial charge in [0.15, 0.2) is 11.0 Å². The molecule has 3 heterocycles. The van der Waals surface area contributed by atoms with Crippen molar-refractivity contribution >= 4 is 69.7 Å². The number of thiazole rings is 1. The van der Waals surface area contributed by atoms with Crippen LogP contribution in [0, 0.1) is 5.92 Å². The van der Waals surface area contributed by atoms with Crippen molar-refractivity contribution in [3.05, 3.63) is 64.1 Å². The first-order chi connectivity index (χ1) is 15.0. The quantitative estimate of drug-likeness (QED) is 0.257. The van der Waals surface area contributed by atoms with Crippen LogP contribution in [0.4, 0.5) is 0 Å². The molecule has 0 amide bonds. The van der Waals surface area contributed by atoms with Crippen LogP contribution in [0.5, 0.6) is 0 Å². The van der Waals surface area contributed by atoms with E-state index in [0.717, 1.165) is 51.1 Å². The summed E-state index contributed by atoms with van der Waals surface area (Å²) in [6, 6.07) is 12.3. The highest BCUT2D eigenvalue weighted by molar-refractivity contribution is 7.12. The van der Waals surface area contributed by atoms with E-state index in [1.54, 1.807) is 11.3 Å². The van der Waals surface area contributed by atoms with Gasteiger partial charge < -0.3 is 10.7 Å². The molecule has 0 radical (unpaired) electrons. The van der Waals surface area contributed by atoms with Gasteiger partial charge in [0.1, 0.15) is 5.69 Å². The maximum absolute atomic E-state index is 6.32. The first-order valence-corrected chi connectivity index (χ1v) is 11.7. The Morgan fingerprint density at radius 2 is 1.94 bits per heavy atom. The number of aromatic nitrogens is 4. The van der Waals surface area contributed by atoms with Crippen molar-refractivity contribution in [2.24, 2.45) is 11.7 Å². The van der Waals surface area contributed by atoms with E-state index in [1.165, 1.54) is 16.5 Å². The summed E-state index contributed by atoms with van der Waals surface area (Å²) in [4.78, 5) is 13.1. The third-order valence-corrected chi connectivity index (χ3v) is 6.47. The number of fused-ring (bicyclic) bond motifs is 2. The fraction of sp³-hybridized carbons (Fsp3) is 0.250. The molecule has 33 heavy (non-hydrogen) atoms. The molecular weight excluding hydrogens is 497 g/mol. The molecule has 5 aromatic rings. The summed E-state index contributed by atoms with van der Waals surface area (Å²) < 4.78 is 2.15. The maximum atomic E-state index is 6.32. The Morgan fingerprint density at radius 1 is 1.12 bits per heavy atom. The van der Waals surface area contributed by atoms with Crippen LogP contribution >= 0.6 is 47.8 Å². The van der Waals surface area contributed by atoms with Crippen LogP contribution in [-0.4, -0.2) is 26.1 Å². The Labute approximate surface area is 214 Å². The Bertz CT molecular complexity index is 1390. The Morgan fingerprint density at radius 3 is 2.70 bits per heavy atom. The van der Waals surface area contributed by atoms with Gasteiger partial charge in [-0.05, 0) is 60.7 Å². The van der Waals surface area contributed by atoms with Crippen LogP contribution in [0.15, 0.2) is 48.0 Å². The van der Waals surface area contributed by atoms with Crippen LogP contribution in [0.3, 0.4) is 0 Å². The zero-order valence-electron chi connectivity index (χ0n) is 18.3. The van der Waals surface area contributed by atoms with E-state index >= 15 is 0 Å². The smallest absolute Gasteiger partial charge is 0.194 e. The van der Waals surface area contributed by atoms with E-state index in [0.29, 0.717) is 12.5 Å². The van der Waals surface area contributed by atoms with Crippen LogP contribution < -0.4 is 5.73 Å². The molecule has 0 spiro atoms. The number of nitrogens with two attached hydrogens (primary N) is 1. The number of hydrogen-bond acceptors (Lipinski definition) is 4. The normalized spacial score (nSPS) is 11.2. The number of nitrogens with zero attached hydrogens (tertiary/aromatic N) is 3. The molecule has 0 aliphatic heterocycles. The summed E-state index contributed by atoms with van der Waals surface area (Å²) >= 11 is 7.93. The number of halogens is 3. The second-order valence-electron chi connectivity index (χ2n) is 8.27. The standard InChI is InChI=1S/C24H24ClN5S.2ClH/c1-14(2)9-16-12-30(22-11-17(25)4-5-18(16)22)24-29-21(13-31-24)23-27-19-6-3-15(7-8-26)10-20(19)28-23;;/h3-6,10-14H,7-9,26H2,1-2H3,(H,27,28);2*1H. The van der Waals surface area contributed by atoms with E-state index in [-0.39, 0.29) is 24.8 Å². The number of hydrogen-bond donors (Lipinski definition) is 2. The number of nitrogens with one attached hydrogen (secondary N) is 1. The van der Waals surface area contributed by atoms with Crippen LogP contribution in [0.1, 0.15) is 25.0 Å². The monoisotopic (exact) mass is 521 g/mol. The summed E-state index contributed by atoms with van der Waals surface area (Å²) in [5.41, 5.74) is 12.1. The first kappa shape index (κ1) is 25.5. The summed E-state index contributed by atoms with van der Waals surface area (Å²) in [6.45, 7) is 5.11. The SMILES string of the molecule is CC(C)Cc1cn(-c2nc(-c3nc4ccc(CCN)cc4[nH]3)cs2)c2cc(Cl)ccc12.Cl.Cl. The predicted molar refractivity (Wildman–Crippen MR) is 145 cm³/mol. The van der Waals surface area contributed by atoms with E-state index < -0.39 is 0 Å². The molecule has 2 aromatic carbocycles. The van der Waals surface area contributed by atoms with Crippen LogP contribution in [-0.2, 0) is 12.8 Å². The minimum Gasteiger partial charge on any atom is -0.337 e. The molecule has 0 atom stereocenters. The number of imidazole rings is 1. The minimum atomic E-state index is 0. The van der Waals surface area contributed by atoms with Crippen molar-refractivity contribution in [3.8, 4) is 16.6 Å². The highest BCUT2D eigenvalue weighted by Crippen LogP contribution is 2.32. The lowest BCUT2D eigenvalue weighted by atomic mass is 10.0. The molecule has 0 saturated carbocycles. The zero-order chi connectivity index (χ0) is 21.5. The third-order valence-electron chi connectivity index (χ3n) is 5.40. The van der Waals surface area contributed by atoms with Crippen LogP contribution in [0.2, 0.25) is 5.02 Å². The Kier molecular flexibility index (Phi) is 8.08. The van der Waals surface area contributed by atoms with Crippen molar-refractivity contribution in [2.75, 3.05) is 6.54 Å². The average Bonchev–Trinajstić information content (AvgIpc) is 3.44. The second kappa shape index (κ2) is 10.5. The molecule has 5 nitrogen and oxygen atoms in total. The number of aromatic amines is 1. The summed E-state index contributed by atoms with van der Waals surface area (Å²) in [6.07, 6.45) is 4.06. The predicted octanol–water partition coefficient (Wildman–Crippen LogP) is 6.83. The molecule has 0 bridgehead atoms. The lowest BCUT2D eigenvalue weighted by molar-refractivity contribution is 0.649. The number of H-pyrrole nitrogens is 1. The van der Waals surface area contributed by atoms with Gasteiger partial charge in [0.05, 0.1) is 16.6 Å². The van der Waals surface area contributed by atoms with Gasteiger partial charge in [0.2, 0.25) is 0 Å². The number of rotatable bonds is 6. The van der Waals surface area contributed by atoms with Crippen molar-refractivity contribution in [1.82, 2.24) is 19.5 Å². The van der Waals surface area contributed by atoms with Gasteiger partial charge in [0, 0.05) is 22.0 Å². The van der Waals surface area contributed by atoms with Crippen LogP contribution in [0.25, 0.3) is 38.6 Å². The van der Waals surface area contributed by atoms with Gasteiger partial charge in [-0.1, -0.05) is 37.6 Å². The Balaban J connectivity index is 0.00000153. The lowest BCUT2D eigenvalue weighted by Gasteiger charge is -2.02. The molecule has 0 unspecified atom stereocenters. The molecule has 0 saturated heterocycles. The van der Waals surface area contributed by atoms with Gasteiger partial charge in [0.25, 0.3) is 0 Å². The van der Waals surface area contributed by atoms with E-state index in [2.05, 4.69) is 47.8 Å². The molecule has 174 valence electrons. The average molecular weight is 523 g/mol. The van der Waals surface area contributed by atoms with Gasteiger partial charge in [-0.2, -0.15) is 0 Å². The van der Waals surface area contributed by atoms with Gasteiger partial charge in [-0.15, -0.1) is 36.2 Å². The fourth-order valence-electron chi connectivity index (χ4n) is 4.02. The highest BCUT2D eigenvalue weighted by Gasteiger charge is 2.16. The van der Waals surface area contributed by atoms with E-state index in [4.69, 9.17) is 27.3 Å². The van der Waals surface area contributed by atoms with E-state index in [1.807, 2.05) is 23.6 Å². The molecule has 0 aliphatic carbocycles. The fourth-order valence-corrected chi connectivity index (χ4v) is 4.98. The van der Waals surface area contributed by atoms with Crippen molar-refractivity contribution < 1.29 is 0 Å². The first-order valence-electron chi connectivity index (χ1n) is 10.5. The molecule has 5 rings (SSSR count). The summed E-state index contributed by atoms with van der Waals surface area (Å²) in [5.74, 6) is 1.35. The van der Waals surface area contributed by atoms with E-state index in [9.17, 15) is 0 Å². The molecule has 9 heteroatoms.